The van der Waals surface area contributed by atoms with Crippen LogP contribution in [-0.2, 0) is 9.59 Å². The van der Waals surface area contributed by atoms with Crippen molar-refractivity contribution in [3.8, 4) is 0 Å². The van der Waals surface area contributed by atoms with Crippen molar-refractivity contribution in [1.29, 1.82) is 0 Å². The molecule has 1 fully saturated rings. The molecule has 0 aromatic heterocycles. The van der Waals surface area contributed by atoms with Crippen LogP contribution in [0, 0.1) is 10.1 Å². The van der Waals surface area contributed by atoms with Gasteiger partial charge in [0.15, 0.2) is 0 Å². The molecule has 28 heavy (non-hydrogen) atoms. The summed E-state index contributed by atoms with van der Waals surface area (Å²) in [4.78, 5) is 48.1. The summed E-state index contributed by atoms with van der Waals surface area (Å²) in [7, 11) is 0. The molecule has 0 radical (unpaired) electrons. The molecule has 2 aromatic rings. The van der Waals surface area contributed by atoms with Crippen LogP contribution in [0.1, 0.15) is 5.56 Å². The maximum absolute atomic E-state index is 12.7. The Morgan fingerprint density at radius 3 is 2.39 bits per heavy atom. The van der Waals surface area contributed by atoms with Crippen LogP contribution < -0.4 is 10.2 Å². The number of nitrogens with zero attached hydrogens (tertiary/aromatic N) is 2. The number of amides is 4. The van der Waals surface area contributed by atoms with Crippen LogP contribution in [0.5, 0.6) is 0 Å². The molecule has 0 atom stereocenters. The standard InChI is InChI=1S/C19H12ClN3O5/c20-13-8-10-14(11-9-13)22-18(25)15(17(24)21-19(22)26)6-3-5-12-4-1-2-7-16(12)23(27)28/h1-11H,(H,21,24,26)/b5-3+,15-6-. The van der Waals surface area contributed by atoms with E-state index in [0.29, 0.717) is 10.6 Å². The molecule has 0 bridgehead atoms. The Kier molecular flexibility index (Phi) is 5.32. The number of barbiturate groups is 1. The molecule has 1 saturated heterocycles. The van der Waals surface area contributed by atoms with E-state index in [4.69, 9.17) is 11.6 Å². The second kappa shape index (κ2) is 7.85. The number of carbonyl (C=O) groups is 3. The number of carbonyl (C=O) groups excluding carboxylic acids is 3. The lowest BCUT2D eigenvalue weighted by atomic mass is 10.1. The smallest absolute Gasteiger partial charge is 0.273 e. The number of hydrogen-bond acceptors (Lipinski definition) is 5. The van der Waals surface area contributed by atoms with Crippen LogP contribution in [0.15, 0.2) is 66.3 Å². The second-order valence-electron chi connectivity index (χ2n) is 5.63. The van der Waals surface area contributed by atoms with Gasteiger partial charge in [-0.05, 0) is 42.5 Å². The van der Waals surface area contributed by atoms with Crippen molar-refractivity contribution in [2.45, 2.75) is 0 Å². The van der Waals surface area contributed by atoms with Gasteiger partial charge < -0.3 is 0 Å². The van der Waals surface area contributed by atoms with Crippen molar-refractivity contribution in [2.24, 2.45) is 0 Å². The number of hydrogen-bond donors (Lipinski definition) is 1. The van der Waals surface area contributed by atoms with Crippen LogP contribution in [0.4, 0.5) is 16.2 Å². The Bertz CT molecular complexity index is 1040. The van der Waals surface area contributed by atoms with Gasteiger partial charge in [0.2, 0.25) is 0 Å². The van der Waals surface area contributed by atoms with Gasteiger partial charge in [0.05, 0.1) is 16.2 Å². The third kappa shape index (κ3) is 3.81. The first-order valence-electron chi connectivity index (χ1n) is 7.95. The minimum atomic E-state index is -0.878. The Balaban J connectivity index is 1.91. The number of nitro benzene ring substituents is 1. The SMILES string of the molecule is O=C1NC(=O)N(c2ccc(Cl)cc2)C(=O)/C1=C\C=C\c1ccccc1[N+](=O)[O-]. The molecule has 0 unspecified atom stereocenters. The van der Waals surface area contributed by atoms with Crippen LogP contribution in [0.25, 0.3) is 6.08 Å². The van der Waals surface area contributed by atoms with Crippen molar-refractivity contribution in [3.63, 3.8) is 0 Å². The van der Waals surface area contributed by atoms with Crippen molar-refractivity contribution >= 4 is 46.9 Å². The molecule has 0 aliphatic carbocycles. The summed E-state index contributed by atoms with van der Waals surface area (Å²) in [5.41, 5.74) is 0.144. The fraction of sp³-hybridized carbons (Fsp3) is 0. The Morgan fingerprint density at radius 2 is 1.71 bits per heavy atom. The van der Waals surface area contributed by atoms with Gasteiger partial charge in [0.25, 0.3) is 17.5 Å². The maximum atomic E-state index is 12.7. The lowest BCUT2D eigenvalue weighted by Gasteiger charge is -2.26. The topological polar surface area (TPSA) is 110 Å². The fourth-order valence-corrected chi connectivity index (χ4v) is 2.67. The van der Waals surface area contributed by atoms with E-state index in [9.17, 15) is 24.5 Å². The van der Waals surface area contributed by atoms with E-state index in [1.54, 1.807) is 6.07 Å². The number of benzene rings is 2. The normalized spacial score (nSPS) is 16.0. The van der Waals surface area contributed by atoms with E-state index in [-0.39, 0.29) is 16.9 Å². The zero-order chi connectivity index (χ0) is 20.3. The summed E-state index contributed by atoms with van der Waals surface area (Å²) in [6, 6.07) is 11.1. The first-order valence-corrected chi connectivity index (χ1v) is 8.33. The van der Waals surface area contributed by atoms with E-state index in [2.05, 4.69) is 5.32 Å². The number of anilines is 1. The predicted octanol–water partition coefficient (Wildman–Crippen LogP) is 3.47. The molecular formula is C19H12ClN3O5. The maximum Gasteiger partial charge on any atom is 0.335 e. The molecule has 140 valence electrons. The molecular weight excluding hydrogens is 386 g/mol. The summed E-state index contributed by atoms with van der Waals surface area (Å²) in [5.74, 6) is -1.67. The quantitative estimate of drug-likeness (QED) is 0.367. The van der Waals surface area contributed by atoms with Gasteiger partial charge in [0.1, 0.15) is 5.57 Å². The highest BCUT2D eigenvalue weighted by Crippen LogP contribution is 2.23. The zero-order valence-electron chi connectivity index (χ0n) is 14.2. The van der Waals surface area contributed by atoms with Crippen LogP contribution in [-0.4, -0.2) is 22.8 Å². The third-order valence-corrected chi connectivity index (χ3v) is 4.11. The Hall–Kier alpha value is -3.78. The van der Waals surface area contributed by atoms with Crippen LogP contribution in [0.2, 0.25) is 5.02 Å². The average molecular weight is 398 g/mol. The number of nitro groups is 1. The van der Waals surface area contributed by atoms with E-state index in [1.807, 2.05) is 0 Å². The van der Waals surface area contributed by atoms with Crippen molar-refractivity contribution in [1.82, 2.24) is 5.32 Å². The van der Waals surface area contributed by atoms with E-state index < -0.39 is 22.8 Å². The lowest BCUT2D eigenvalue weighted by Crippen LogP contribution is -2.54. The minimum Gasteiger partial charge on any atom is -0.273 e. The van der Waals surface area contributed by atoms with Crippen molar-refractivity contribution in [3.05, 3.63) is 87.0 Å². The molecule has 1 aliphatic heterocycles. The number of urea groups is 1. The minimum absolute atomic E-state index is 0.116. The molecule has 1 N–H and O–H groups in total. The zero-order valence-corrected chi connectivity index (χ0v) is 14.9. The summed E-state index contributed by atoms with van der Waals surface area (Å²) in [5, 5.41) is 13.5. The van der Waals surface area contributed by atoms with Gasteiger partial charge in [-0.1, -0.05) is 29.8 Å². The highest BCUT2D eigenvalue weighted by molar-refractivity contribution is 6.37. The molecule has 8 nitrogen and oxygen atoms in total. The van der Waals surface area contributed by atoms with Gasteiger partial charge in [-0.2, -0.15) is 0 Å². The average Bonchev–Trinajstić information content (AvgIpc) is 2.66. The number of allylic oxidation sites excluding steroid dienone is 2. The highest BCUT2D eigenvalue weighted by Gasteiger charge is 2.36. The molecule has 3 rings (SSSR count). The summed E-state index contributed by atoms with van der Waals surface area (Å²) in [6.07, 6.45) is 3.93. The van der Waals surface area contributed by atoms with Crippen molar-refractivity contribution in [2.75, 3.05) is 4.90 Å². The van der Waals surface area contributed by atoms with Gasteiger partial charge >= 0.3 is 6.03 Å². The predicted molar refractivity (Wildman–Crippen MR) is 103 cm³/mol. The molecule has 0 saturated carbocycles. The molecule has 9 heteroatoms. The number of halogens is 1. The fourth-order valence-electron chi connectivity index (χ4n) is 2.54. The third-order valence-electron chi connectivity index (χ3n) is 3.86. The largest absolute Gasteiger partial charge is 0.335 e. The van der Waals surface area contributed by atoms with Gasteiger partial charge in [0, 0.05) is 11.1 Å². The monoisotopic (exact) mass is 397 g/mol. The lowest BCUT2D eigenvalue weighted by molar-refractivity contribution is -0.385. The molecule has 0 spiro atoms. The molecule has 1 heterocycles. The molecule has 4 amide bonds. The number of rotatable bonds is 4. The van der Waals surface area contributed by atoms with E-state index in [1.165, 1.54) is 60.7 Å². The Labute approximate surface area is 163 Å². The van der Waals surface area contributed by atoms with Gasteiger partial charge in [-0.3, -0.25) is 25.0 Å². The summed E-state index contributed by atoms with van der Waals surface area (Å²) >= 11 is 5.81. The van der Waals surface area contributed by atoms with Crippen LogP contribution in [0.3, 0.4) is 0 Å². The first kappa shape index (κ1) is 19.0. The van der Waals surface area contributed by atoms with Crippen molar-refractivity contribution < 1.29 is 19.3 Å². The number of nitrogens with one attached hydrogen (secondary N) is 1. The van der Waals surface area contributed by atoms with Gasteiger partial charge in [-0.15, -0.1) is 0 Å². The molecule has 2 aromatic carbocycles. The molecule has 1 aliphatic rings. The van der Waals surface area contributed by atoms with Crippen LogP contribution >= 0.6 is 11.6 Å². The van der Waals surface area contributed by atoms with E-state index in [0.717, 1.165) is 4.90 Å². The van der Waals surface area contributed by atoms with Gasteiger partial charge in [-0.25, -0.2) is 9.69 Å². The first-order chi connectivity index (χ1) is 13.4. The number of imide groups is 2. The van der Waals surface area contributed by atoms with E-state index >= 15 is 0 Å². The summed E-state index contributed by atoms with van der Waals surface area (Å²) in [6.45, 7) is 0. The highest BCUT2D eigenvalue weighted by atomic mass is 35.5. The second-order valence-corrected chi connectivity index (χ2v) is 6.07. The number of para-hydroxylation sites is 1. The summed E-state index contributed by atoms with van der Waals surface area (Å²) < 4.78 is 0. The Morgan fingerprint density at radius 1 is 1.04 bits per heavy atom.